The fourth-order valence-electron chi connectivity index (χ4n) is 2.64. The number of nitrogens with one attached hydrogen (secondary N) is 1. The molecule has 0 aliphatic carbocycles. The van der Waals surface area contributed by atoms with E-state index in [1.807, 2.05) is 6.07 Å². The Hall–Kier alpha value is -1.17. The van der Waals surface area contributed by atoms with Crippen LogP contribution in [0.15, 0.2) is 18.2 Å². The highest BCUT2D eigenvalue weighted by molar-refractivity contribution is 7.18. The van der Waals surface area contributed by atoms with Crippen molar-refractivity contribution in [2.24, 2.45) is 0 Å². The fraction of sp³-hybridized carbons (Fsp3) is 0.562. The Morgan fingerprint density at radius 3 is 3.00 bits per heavy atom. The molecular weight excluding hydrogens is 282 g/mol. The van der Waals surface area contributed by atoms with Crippen LogP contribution in [0.1, 0.15) is 18.4 Å². The first kappa shape index (κ1) is 14.8. The quantitative estimate of drug-likeness (QED) is 0.832. The van der Waals surface area contributed by atoms with E-state index in [0.717, 1.165) is 63.4 Å². The first-order valence-electron chi connectivity index (χ1n) is 7.81. The average Bonchev–Trinajstić information content (AvgIpc) is 2.96. The molecule has 0 spiro atoms. The van der Waals surface area contributed by atoms with Crippen molar-refractivity contribution < 1.29 is 4.74 Å². The van der Waals surface area contributed by atoms with Crippen LogP contribution in [0.2, 0.25) is 0 Å². The molecule has 0 unspecified atom stereocenters. The second kappa shape index (κ2) is 7.20. The lowest BCUT2D eigenvalue weighted by Gasteiger charge is -2.26. The summed E-state index contributed by atoms with van der Waals surface area (Å²) in [5.74, 6) is 0.934. The number of hydrogen-bond acceptors (Lipinski definition) is 5. The standard InChI is InChI=1S/C16H23N3OS/c1-2-15-18-16-13(5-3-6-14(16)21-15)20-12-4-9-19-10-7-17-8-11-19/h3,5-6,17H,2,4,7-12H2,1H3. The third kappa shape index (κ3) is 3.73. The van der Waals surface area contributed by atoms with E-state index < -0.39 is 0 Å². The predicted molar refractivity (Wildman–Crippen MR) is 88.4 cm³/mol. The molecule has 1 aliphatic heterocycles. The van der Waals surface area contributed by atoms with E-state index in [2.05, 4.69) is 34.3 Å². The van der Waals surface area contributed by atoms with Crippen molar-refractivity contribution in [2.75, 3.05) is 39.3 Å². The van der Waals surface area contributed by atoms with Crippen LogP contribution < -0.4 is 10.1 Å². The van der Waals surface area contributed by atoms with Crippen molar-refractivity contribution in [3.63, 3.8) is 0 Å². The van der Waals surface area contributed by atoms with Gasteiger partial charge in [0.05, 0.1) is 16.3 Å². The Kier molecular flexibility index (Phi) is 5.06. The van der Waals surface area contributed by atoms with Crippen LogP contribution in [0.5, 0.6) is 5.75 Å². The number of fused-ring (bicyclic) bond motifs is 1. The number of piperazine rings is 1. The smallest absolute Gasteiger partial charge is 0.146 e. The number of hydrogen-bond donors (Lipinski definition) is 1. The minimum atomic E-state index is 0.766. The van der Waals surface area contributed by atoms with Gasteiger partial charge < -0.3 is 15.0 Å². The minimum absolute atomic E-state index is 0.766. The van der Waals surface area contributed by atoms with Crippen LogP contribution >= 0.6 is 11.3 Å². The molecule has 0 radical (unpaired) electrons. The molecule has 2 aromatic rings. The minimum Gasteiger partial charge on any atom is -0.491 e. The van der Waals surface area contributed by atoms with Gasteiger partial charge in [-0.25, -0.2) is 4.98 Å². The molecule has 1 aliphatic rings. The van der Waals surface area contributed by atoms with Gasteiger partial charge in [-0.1, -0.05) is 13.0 Å². The van der Waals surface area contributed by atoms with Crippen LogP contribution in [0.25, 0.3) is 10.2 Å². The van der Waals surface area contributed by atoms with Gasteiger partial charge in [0.15, 0.2) is 0 Å². The van der Waals surface area contributed by atoms with Gasteiger partial charge in [-0.2, -0.15) is 0 Å². The maximum atomic E-state index is 5.97. The van der Waals surface area contributed by atoms with Crippen LogP contribution in [0.3, 0.4) is 0 Å². The van der Waals surface area contributed by atoms with Crippen molar-refractivity contribution in [1.29, 1.82) is 0 Å². The van der Waals surface area contributed by atoms with E-state index in [1.54, 1.807) is 11.3 Å². The summed E-state index contributed by atoms with van der Waals surface area (Å²) in [6.45, 7) is 8.56. The van der Waals surface area contributed by atoms with Gasteiger partial charge in [0, 0.05) is 32.7 Å². The highest BCUT2D eigenvalue weighted by Crippen LogP contribution is 2.29. The largest absolute Gasteiger partial charge is 0.491 e. The van der Waals surface area contributed by atoms with Gasteiger partial charge in [0.2, 0.25) is 0 Å². The number of nitrogens with zero attached hydrogens (tertiary/aromatic N) is 2. The second-order valence-corrected chi connectivity index (χ2v) is 6.47. The number of rotatable bonds is 6. The molecule has 0 amide bonds. The number of aryl methyl sites for hydroxylation is 1. The van der Waals surface area contributed by atoms with Crippen LogP contribution in [-0.4, -0.2) is 49.2 Å². The van der Waals surface area contributed by atoms with E-state index in [-0.39, 0.29) is 0 Å². The average molecular weight is 305 g/mol. The molecule has 0 saturated carbocycles. The monoisotopic (exact) mass is 305 g/mol. The molecule has 1 fully saturated rings. The van der Waals surface area contributed by atoms with Gasteiger partial charge in [-0.3, -0.25) is 0 Å². The molecule has 114 valence electrons. The summed E-state index contributed by atoms with van der Waals surface area (Å²) in [7, 11) is 0. The zero-order valence-corrected chi connectivity index (χ0v) is 13.4. The van der Waals surface area contributed by atoms with Crippen LogP contribution in [0.4, 0.5) is 0 Å². The molecule has 0 atom stereocenters. The van der Waals surface area contributed by atoms with Gasteiger partial charge in [0.25, 0.3) is 0 Å². The molecule has 1 N–H and O–H groups in total. The van der Waals surface area contributed by atoms with Gasteiger partial charge >= 0.3 is 0 Å². The second-order valence-electron chi connectivity index (χ2n) is 5.36. The van der Waals surface area contributed by atoms with Crippen LogP contribution in [0, 0.1) is 0 Å². The molecule has 0 bridgehead atoms. The van der Waals surface area contributed by atoms with E-state index in [0.29, 0.717) is 0 Å². The van der Waals surface area contributed by atoms with Crippen LogP contribution in [-0.2, 0) is 6.42 Å². The maximum absolute atomic E-state index is 5.97. The summed E-state index contributed by atoms with van der Waals surface area (Å²) < 4.78 is 7.20. The summed E-state index contributed by atoms with van der Waals surface area (Å²) in [4.78, 5) is 7.17. The number of para-hydroxylation sites is 1. The Balaban J connectivity index is 1.54. The third-order valence-electron chi connectivity index (χ3n) is 3.81. The number of ether oxygens (including phenoxy) is 1. The van der Waals surface area contributed by atoms with Gasteiger partial charge in [0.1, 0.15) is 11.3 Å². The van der Waals surface area contributed by atoms with Crippen molar-refractivity contribution in [3.8, 4) is 5.75 Å². The number of thiazole rings is 1. The SMILES string of the molecule is CCc1nc2c(OCCCN3CCNCC3)cccc2s1. The normalized spacial score (nSPS) is 16.4. The predicted octanol–water partition coefficient (Wildman–Crippen LogP) is 2.53. The van der Waals surface area contributed by atoms with Gasteiger partial charge in [-0.15, -0.1) is 11.3 Å². The summed E-state index contributed by atoms with van der Waals surface area (Å²) in [6.07, 6.45) is 2.06. The molecule has 1 aromatic carbocycles. The molecule has 1 aromatic heterocycles. The molecular formula is C16H23N3OS. The highest BCUT2D eigenvalue weighted by Gasteiger charge is 2.10. The van der Waals surface area contributed by atoms with Crippen molar-refractivity contribution >= 4 is 21.6 Å². The molecule has 5 heteroatoms. The molecule has 3 rings (SSSR count). The van der Waals surface area contributed by atoms with Crippen molar-refractivity contribution in [3.05, 3.63) is 23.2 Å². The Morgan fingerprint density at radius 1 is 1.33 bits per heavy atom. The van der Waals surface area contributed by atoms with Gasteiger partial charge in [-0.05, 0) is 25.0 Å². The number of aromatic nitrogens is 1. The van der Waals surface area contributed by atoms with E-state index in [4.69, 9.17) is 4.74 Å². The maximum Gasteiger partial charge on any atom is 0.146 e. The van der Waals surface area contributed by atoms with E-state index >= 15 is 0 Å². The highest BCUT2D eigenvalue weighted by atomic mass is 32.1. The molecule has 2 heterocycles. The lowest BCUT2D eigenvalue weighted by molar-refractivity contribution is 0.214. The van der Waals surface area contributed by atoms with E-state index in [1.165, 1.54) is 9.71 Å². The Bertz CT molecular complexity index is 578. The fourth-order valence-corrected chi connectivity index (χ4v) is 3.57. The van der Waals surface area contributed by atoms with E-state index in [9.17, 15) is 0 Å². The zero-order valence-electron chi connectivity index (χ0n) is 12.6. The Morgan fingerprint density at radius 2 is 2.19 bits per heavy atom. The number of benzene rings is 1. The molecule has 1 saturated heterocycles. The summed E-state index contributed by atoms with van der Waals surface area (Å²) in [5, 5.41) is 4.56. The summed E-state index contributed by atoms with van der Waals surface area (Å²) in [5.41, 5.74) is 1.03. The van der Waals surface area contributed by atoms with Crippen molar-refractivity contribution in [1.82, 2.24) is 15.2 Å². The molecule has 4 nitrogen and oxygen atoms in total. The molecule has 21 heavy (non-hydrogen) atoms. The summed E-state index contributed by atoms with van der Waals surface area (Å²) >= 11 is 1.77. The first-order chi connectivity index (χ1) is 10.4. The Labute approximate surface area is 130 Å². The third-order valence-corrected chi connectivity index (χ3v) is 4.98. The zero-order chi connectivity index (χ0) is 14.5. The summed E-state index contributed by atoms with van der Waals surface area (Å²) in [6, 6.07) is 6.22. The van der Waals surface area contributed by atoms with Crippen molar-refractivity contribution in [2.45, 2.75) is 19.8 Å². The lowest BCUT2D eigenvalue weighted by atomic mass is 10.3. The lowest BCUT2D eigenvalue weighted by Crippen LogP contribution is -2.43. The first-order valence-corrected chi connectivity index (χ1v) is 8.63. The topological polar surface area (TPSA) is 37.4 Å².